The predicted molar refractivity (Wildman–Crippen MR) is 61.6 cm³/mol. The molecule has 0 fully saturated rings. The molecular weight excluding hydrogens is 241 g/mol. The largest absolute Gasteiger partial charge is 0.340 e. The number of halogens is 2. The first-order valence-electron chi connectivity index (χ1n) is 4.15. The maximum absolute atomic E-state index is 11.7. The normalized spacial score (nSPS) is 12.6. The lowest BCUT2D eigenvalue weighted by molar-refractivity contribution is 0.0801. The van der Waals surface area contributed by atoms with Gasteiger partial charge >= 0.3 is 0 Å². The topological polar surface area (TPSA) is 20.3 Å². The number of amides is 1. The van der Waals surface area contributed by atoms with Gasteiger partial charge in [0.25, 0.3) is 5.91 Å². The number of alkyl halides is 1. The molecule has 1 unspecified atom stereocenters. The van der Waals surface area contributed by atoms with Crippen LogP contribution in [0.15, 0.2) is 12.1 Å². The van der Waals surface area contributed by atoms with Gasteiger partial charge in [0.2, 0.25) is 0 Å². The maximum atomic E-state index is 11.7. The van der Waals surface area contributed by atoms with Crippen molar-refractivity contribution in [2.75, 3.05) is 13.6 Å². The second-order valence-electron chi connectivity index (χ2n) is 3.07. The second-order valence-corrected chi connectivity index (χ2v) is 5.53. The fourth-order valence-electron chi connectivity index (χ4n) is 1.08. The molecule has 1 amide bonds. The van der Waals surface area contributed by atoms with Crippen molar-refractivity contribution in [3.8, 4) is 0 Å². The molecule has 14 heavy (non-hydrogen) atoms. The average molecular weight is 252 g/mol. The zero-order chi connectivity index (χ0) is 10.7. The van der Waals surface area contributed by atoms with Gasteiger partial charge in [-0.1, -0.05) is 11.6 Å². The van der Waals surface area contributed by atoms with Gasteiger partial charge in [-0.3, -0.25) is 4.79 Å². The zero-order valence-corrected chi connectivity index (χ0v) is 10.3. The van der Waals surface area contributed by atoms with Gasteiger partial charge in [0.1, 0.15) is 0 Å². The lowest BCUT2D eigenvalue weighted by Crippen LogP contribution is -2.30. The molecule has 0 aliphatic heterocycles. The van der Waals surface area contributed by atoms with Gasteiger partial charge in [0, 0.05) is 19.0 Å². The lowest BCUT2D eigenvalue weighted by Gasteiger charge is -2.17. The minimum atomic E-state index is -0.0422. The number of hydrogen-bond donors (Lipinski definition) is 0. The Morgan fingerprint density at radius 2 is 2.29 bits per heavy atom. The van der Waals surface area contributed by atoms with E-state index in [9.17, 15) is 4.79 Å². The number of rotatable bonds is 3. The second kappa shape index (κ2) is 5.01. The molecule has 0 aliphatic rings. The number of carbonyl (C=O) groups is 1. The number of hydrogen-bond acceptors (Lipinski definition) is 2. The molecule has 5 heteroatoms. The van der Waals surface area contributed by atoms with Crippen molar-refractivity contribution in [2.24, 2.45) is 0 Å². The van der Waals surface area contributed by atoms with Crippen molar-refractivity contribution in [1.29, 1.82) is 0 Å². The SMILES string of the molecule is CC(Cl)CN(C)C(=O)c1ccc(Cl)s1. The summed E-state index contributed by atoms with van der Waals surface area (Å²) in [6.45, 7) is 2.39. The smallest absolute Gasteiger partial charge is 0.263 e. The molecule has 0 N–H and O–H groups in total. The first kappa shape index (κ1) is 11.8. The summed E-state index contributed by atoms with van der Waals surface area (Å²) in [5.41, 5.74) is 0. The molecule has 1 atom stereocenters. The maximum Gasteiger partial charge on any atom is 0.263 e. The number of thiophene rings is 1. The van der Waals surface area contributed by atoms with Gasteiger partial charge in [-0.15, -0.1) is 22.9 Å². The predicted octanol–water partition coefficient (Wildman–Crippen LogP) is 3.10. The van der Waals surface area contributed by atoms with E-state index >= 15 is 0 Å². The van der Waals surface area contributed by atoms with Gasteiger partial charge in [0.15, 0.2) is 0 Å². The molecule has 0 radical (unpaired) electrons. The van der Waals surface area contributed by atoms with Crippen molar-refractivity contribution in [3.63, 3.8) is 0 Å². The van der Waals surface area contributed by atoms with E-state index in [1.54, 1.807) is 24.1 Å². The molecule has 1 aromatic rings. The van der Waals surface area contributed by atoms with Crippen molar-refractivity contribution in [3.05, 3.63) is 21.3 Å². The van der Waals surface area contributed by atoms with Crippen LogP contribution in [-0.2, 0) is 0 Å². The Morgan fingerprint density at radius 1 is 1.64 bits per heavy atom. The first-order valence-corrected chi connectivity index (χ1v) is 5.78. The number of carbonyl (C=O) groups excluding carboxylic acids is 1. The lowest BCUT2D eigenvalue weighted by atomic mass is 10.3. The Morgan fingerprint density at radius 3 is 2.71 bits per heavy atom. The molecule has 78 valence electrons. The van der Waals surface area contributed by atoms with Crippen LogP contribution in [0.25, 0.3) is 0 Å². The minimum absolute atomic E-state index is 0.0330. The van der Waals surface area contributed by atoms with E-state index in [1.165, 1.54) is 11.3 Å². The third kappa shape index (κ3) is 3.15. The van der Waals surface area contributed by atoms with Gasteiger partial charge < -0.3 is 4.90 Å². The van der Waals surface area contributed by atoms with Crippen molar-refractivity contribution in [2.45, 2.75) is 12.3 Å². The Balaban J connectivity index is 2.65. The van der Waals surface area contributed by atoms with Crippen LogP contribution < -0.4 is 0 Å². The molecule has 0 spiro atoms. The summed E-state index contributed by atoms with van der Waals surface area (Å²) in [6.07, 6.45) is 0. The van der Waals surface area contributed by atoms with E-state index in [0.717, 1.165) is 0 Å². The van der Waals surface area contributed by atoms with Crippen LogP contribution in [0, 0.1) is 0 Å². The zero-order valence-electron chi connectivity index (χ0n) is 7.96. The fraction of sp³-hybridized carbons (Fsp3) is 0.444. The Bertz CT molecular complexity index is 324. The molecule has 0 saturated carbocycles. The van der Waals surface area contributed by atoms with Gasteiger partial charge in [-0.25, -0.2) is 0 Å². The van der Waals surface area contributed by atoms with Crippen LogP contribution in [0.4, 0.5) is 0 Å². The standard InChI is InChI=1S/C9H11Cl2NOS/c1-6(10)5-12(2)9(13)7-3-4-8(11)14-7/h3-4,6H,5H2,1-2H3. The van der Waals surface area contributed by atoms with Crippen LogP contribution in [0.1, 0.15) is 16.6 Å². The highest BCUT2D eigenvalue weighted by molar-refractivity contribution is 7.17. The Hall–Kier alpha value is -0.250. The van der Waals surface area contributed by atoms with E-state index in [2.05, 4.69) is 0 Å². The fourth-order valence-corrected chi connectivity index (χ4v) is 2.32. The summed E-state index contributed by atoms with van der Waals surface area (Å²) in [5, 5.41) is -0.0422. The highest BCUT2D eigenvalue weighted by atomic mass is 35.5. The van der Waals surface area contributed by atoms with Crippen molar-refractivity contribution in [1.82, 2.24) is 4.90 Å². The molecular formula is C9H11Cl2NOS. The highest BCUT2D eigenvalue weighted by Crippen LogP contribution is 2.22. The summed E-state index contributed by atoms with van der Waals surface area (Å²) in [5.74, 6) is -0.0330. The molecule has 1 heterocycles. The molecule has 1 aromatic heterocycles. The minimum Gasteiger partial charge on any atom is -0.340 e. The van der Waals surface area contributed by atoms with Crippen LogP contribution in [0.5, 0.6) is 0 Å². The summed E-state index contributed by atoms with van der Waals surface area (Å²) in [6, 6.07) is 3.45. The Labute approximate surface area is 97.4 Å². The van der Waals surface area contributed by atoms with Crippen LogP contribution in [-0.4, -0.2) is 29.8 Å². The first-order chi connectivity index (χ1) is 6.50. The van der Waals surface area contributed by atoms with Crippen molar-refractivity contribution >= 4 is 40.4 Å². The van der Waals surface area contributed by atoms with Crippen LogP contribution >= 0.6 is 34.5 Å². The monoisotopic (exact) mass is 251 g/mol. The quantitative estimate of drug-likeness (QED) is 0.757. The van der Waals surface area contributed by atoms with Crippen LogP contribution in [0.3, 0.4) is 0 Å². The van der Waals surface area contributed by atoms with E-state index in [4.69, 9.17) is 23.2 Å². The molecule has 0 bridgehead atoms. The summed E-state index contributed by atoms with van der Waals surface area (Å²) in [7, 11) is 1.73. The van der Waals surface area contributed by atoms with Crippen molar-refractivity contribution < 1.29 is 4.79 Å². The highest BCUT2D eigenvalue weighted by Gasteiger charge is 2.14. The molecule has 2 nitrogen and oxygen atoms in total. The molecule has 1 rings (SSSR count). The van der Waals surface area contributed by atoms with E-state index in [0.29, 0.717) is 15.8 Å². The summed E-state index contributed by atoms with van der Waals surface area (Å²) < 4.78 is 0.626. The van der Waals surface area contributed by atoms with Crippen LogP contribution in [0.2, 0.25) is 4.34 Å². The summed E-state index contributed by atoms with van der Waals surface area (Å²) in [4.78, 5) is 14.0. The molecule has 0 saturated heterocycles. The third-order valence-electron chi connectivity index (χ3n) is 1.66. The third-order valence-corrected chi connectivity index (χ3v) is 3.01. The Kier molecular flexibility index (Phi) is 4.23. The van der Waals surface area contributed by atoms with Gasteiger partial charge in [0.05, 0.1) is 9.21 Å². The van der Waals surface area contributed by atoms with E-state index < -0.39 is 0 Å². The van der Waals surface area contributed by atoms with E-state index in [-0.39, 0.29) is 11.3 Å². The molecule has 0 aromatic carbocycles. The summed E-state index contributed by atoms with van der Waals surface area (Å²) >= 11 is 12.8. The van der Waals surface area contributed by atoms with Gasteiger partial charge in [-0.2, -0.15) is 0 Å². The molecule has 0 aliphatic carbocycles. The van der Waals surface area contributed by atoms with Gasteiger partial charge in [-0.05, 0) is 19.1 Å². The average Bonchev–Trinajstić information content (AvgIpc) is 2.49. The number of nitrogens with zero attached hydrogens (tertiary/aromatic N) is 1. The van der Waals surface area contributed by atoms with E-state index in [1.807, 2.05) is 6.92 Å².